The third kappa shape index (κ3) is 3.69. The number of para-hydroxylation sites is 1. The molecule has 0 spiro atoms. The summed E-state index contributed by atoms with van der Waals surface area (Å²) >= 11 is 0. The van der Waals surface area contributed by atoms with Gasteiger partial charge in [-0.1, -0.05) is 36.4 Å². The molecule has 3 aromatic carbocycles. The van der Waals surface area contributed by atoms with Gasteiger partial charge in [0.05, 0.1) is 11.3 Å². The molecule has 0 radical (unpaired) electrons. The number of hydrogen-bond donors (Lipinski definition) is 2. The Hall–Kier alpha value is -4.46. The lowest BCUT2D eigenvalue weighted by Crippen LogP contribution is -2.48. The molecule has 0 fully saturated rings. The Balaban J connectivity index is 1.38. The zero-order chi connectivity index (χ0) is 23.8. The molecule has 4 amide bonds. The van der Waals surface area contributed by atoms with Crippen molar-refractivity contribution >= 4 is 40.7 Å². The lowest BCUT2D eigenvalue weighted by molar-refractivity contribution is -0.116. The number of hydrogen-bond acceptors (Lipinski definition) is 4. The van der Waals surface area contributed by atoms with Crippen molar-refractivity contribution in [3.8, 4) is 0 Å². The fourth-order valence-corrected chi connectivity index (χ4v) is 4.52. The molecular weight excluding hydrogens is 432 g/mol. The Morgan fingerprint density at radius 2 is 1.50 bits per heavy atom. The van der Waals surface area contributed by atoms with Crippen LogP contribution in [0.2, 0.25) is 0 Å². The highest BCUT2D eigenvalue weighted by Gasteiger charge is 2.47. The first-order valence-electron chi connectivity index (χ1n) is 10.9. The van der Waals surface area contributed by atoms with Crippen molar-refractivity contribution in [2.45, 2.75) is 19.5 Å². The molecule has 170 valence electrons. The highest BCUT2D eigenvalue weighted by atomic mass is 16.2. The Labute approximate surface area is 196 Å². The second kappa shape index (κ2) is 8.47. The van der Waals surface area contributed by atoms with Gasteiger partial charge in [-0.25, -0.2) is 0 Å². The quantitative estimate of drug-likeness (QED) is 0.613. The van der Waals surface area contributed by atoms with Gasteiger partial charge in [-0.2, -0.15) is 0 Å². The van der Waals surface area contributed by atoms with E-state index in [9.17, 15) is 19.2 Å². The van der Waals surface area contributed by atoms with Crippen LogP contribution in [0.1, 0.15) is 45.8 Å². The molecule has 2 aliphatic heterocycles. The molecule has 34 heavy (non-hydrogen) atoms. The predicted molar refractivity (Wildman–Crippen MR) is 127 cm³/mol. The van der Waals surface area contributed by atoms with Gasteiger partial charge in [-0.3, -0.25) is 24.1 Å². The molecule has 2 aliphatic rings. The monoisotopic (exact) mass is 454 g/mol. The molecule has 1 atom stereocenters. The number of amides is 4. The zero-order valence-corrected chi connectivity index (χ0v) is 18.4. The highest BCUT2D eigenvalue weighted by Crippen LogP contribution is 2.45. The molecule has 5 rings (SSSR count). The first kappa shape index (κ1) is 21.4. The third-order valence-electron chi connectivity index (χ3n) is 5.93. The number of rotatable bonds is 5. The van der Waals surface area contributed by atoms with Crippen molar-refractivity contribution in [2.24, 2.45) is 0 Å². The summed E-state index contributed by atoms with van der Waals surface area (Å²) < 4.78 is 0. The number of carbonyl (C=O) groups is 4. The lowest BCUT2D eigenvalue weighted by atomic mass is 10.0. The van der Waals surface area contributed by atoms with Crippen LogP contribution < -0.4 is 15.5 Å². The van der Waals surface area contributed by atoms with Crippen molar-refractivity contribution in [3.05, 3.63) is 89.5 Å². The lowest BCUT2D eigenvalue weighted by Gasteiger charge is -2.40. The Bertz CT molecular complexity index is 1340. The Morgan fingerprint density at radius 3 is 2.26 bits per heavy atom. The molecule has 8 heteroatoms. The molecule has 0 aliphatic carbocycles. The van der Waals surface area contributed by atoms with Crippen molar-refractivity contribution in [1.82, 2.24) is 4.90 Å². The maximum atomic E-state index is 13.4. The van der Waals surface area contributed by atoms with Gasteiger partial charge in [0.1, 0.15) is 6.17 Å². The SMILES string of the molecule is CC(=O)Nc1cccc(NC(=O)CCN2C(=O)c3ccccc3N3C(=O)c4ccccc4[C@@H]23)c1. The van der Waals surface area contributed by atoms with Crippen LogP contribution in [0.15, 0.2) is 72.8 Å². The number of nitrogens with zero attached hydrogens (tertiary/aromatic N) is 2. The molecule has 0 aromatic heterocycles. The van der Waals surface area contributed by atoms with E-state index in [2.05, 4.69) is 10.6 Å². The van der Waals surface area contributed by atoms with Gasteiger partial charge >= 0.3 is 0 Å². The van der Waals surface area contributed by atoms with Crippen molar-refractivity contribution in [2.75, 3.05) is 22.1 Å². The van der Waals surface area contributed by atoms with Gasteiger partial charge in [0, 0.05) is 42.4 Å². The largest absolute Gasteiger partial charge is 0.326 e. The molecule has 8 nitrogen and oxygen atoms in total. The molecule has 2 heterocycles. The normalized spacial score (nSPS) is 16.0. The van der Waals surface area contributed by atoms with E-state index < -0.39 is 6.17 Å². The minimum atomic E-state index is -0.595. The summed E-state index contributed by atoms with van der Waals surface area (Å²) in [4.78, 5) is 53.8. The number of anilines is 3. The smallest absolute Gasteiger partial charge is 0.260 e. The molecule has 0 unspecified atom stereocenters. The van der Waals surface area contributed by atoms with Crippen LogP contribution in [-0.4, -0.2) is 35.1 Å². The third-order valence-corrected chi connectivity index (χ3v) is 5.93. The number of benzene rings is 3. The summed E-state index contributed by atoms with van der Waals surface area (Å²) in [6, 6.07) is 21.1. The van der Waals surface area contributed by atoms with Crippen molar-refractivity contribution < 1.29 is 19.2 Å². The topological polar surface area (TPSA) is 98.8 Å². The van der Waals surface area contributed by atoms with Crippen LogP contribution in [0.25, 0.3) is 0 Å². The molecule has 2 N–H and O–H groups in total. The molecule has 0 saturated heterocycles. The van der Waals surface area contributed by atoms with Crippen LogP contribution in [0.4, 0.5) is 17.1 Å². The fraction of sp³-hybridized carbons (Fsp3) is 0.154. The maximum absolute atomic E-state index is 13.4. The summed E-state index contributed by atoms with van der Waals surface area (Å²) in [6.07, 6.45) is -0.555. The summed E-state index contributed by atoms with van der Waals surface area (Å²) in [7, 11) is 0. The van der Waals surface area contributed by atoms with Crippen LogP contribution in [0.3, 0.4) is 0 Å². The van der Waals surface area contributed by atoms with Gasteiger partial charge < -0.3 is 15.5 Å². The zero-order valence-electron chi connectivity index (χ0n) is 18.4. The van der Waals surface area contributed by atoms with Crippen molar-refractivity contribution in [3.63, 3.8) is 0 Å². The Morgan fingerprint density at radius 1 is 0.824 bits per heavy atom. The van der Waals surface area contributed by atoms with Gasteiger partial charge in [0.25, 0.3) is 11.8 Å². The minimum Gasteiger partial charge on any atom is -0.326 e. The maximum Gasteiger partial charge on any atom is 0.260 e. The Kier molecular flexibility index (Phi) is 5.33. The molecule has 0 saturated carbocycles. The fourth-order valence-electron chi connectivity index (χ4n) is 4.52. The van der Waals surface area contributed by atoms with Gasteiger partial charge in [0.15, 0.2) is 0 Å². The summed E-state index contributed by atoms with van der Waals surface area (Å²) in [5.74, 6) is -0.870. The average molecular weight is 454 g/mol. The number of carbonyl (C=O) groups excluding carboxylic acids is 4. The molecule has 3 aromatic rings. The van der Waals surface area contributed by atoms with Crippen molar-refractivity contribution in [1.29, 1.82) is 0 Å². The minimum absolute atomic E-state index is 0.0406. The van der Waals surface area contributed by atoms with E-state index in [4.69, 9.17) is 0 Å². The van der Waals surface area contributed by atoms with Crippen LogP contribution in [0.5, 0.6) is 0 Å². The number of fused-ring (bicyclic) bond motifs is 5. The first-order valence-corrected chi connectivity index (χ1v) is 10.9. The second-order valence-electron chi connectivity index (χ2n) is 8.21. The van der Waals surface area contributed by atoms with E-state index in [1.807, 2.05) is 12.1 Å². The van der Waals surface area contributed by atoms with E-state index in [1.165, 1.54) is 6.92 Å². The summed E-state index contributed by atoms with van der Waals surface area (Å²) in [5.41, 5.74) is 3.43. The van der Waals surface area contributed by atoms with E-state index in [-0.39, 0.29) is 36.6 Å². The average Bonchev–Trinajstić information content (AvgIpc) is 3.12. The van der Waals surface area contributed by atoms with Gasteiger partial charge in [-0.05, 0) is 36.4 Å². The predicted octanol–water partition coefficient (Wildman–Crippen LogP) is 3.79. The molecule has 0 bridgehead atoms. The van der Waals surface area contributed by atoms with E-state index in [0.717, 1.165) is 5.56 Å². The second-order valence-corrected chi connectivity index (χ2v) is 8.21. The van der Waals surface area contributed by atoms with E-state index in [0.29, 0.717) is 28.2 Å². The van der Waals surface area contributed by atoms with E-state index >= 15 is 0 Å². The molecular formula is C26H22N4O4. The first-order chi connectivity index (χ1) is 16.4. The van der Waals surface area contributed by atoms with E-state index in [1.54, 1.807) is 70.5 Å². The summed E-state index contributed by atoms with van der Waals surface area (Å²) in [6.45, 7) is 1.54. The summed E-state index contributed by atoms with van der Waals surface area (Å²) in [5, 5.41) is 5.48. The number of nitrogens with one attached hydrogen (secondary N) is 2. The van der Waals surface area contributed by atoms with Crippen LogP contribution in [0, 0.1) is 0 Å². The van der Waals surface area contributed by atoms with Crippen LogP contribution >= 0.6 is 0 Å². The highest BCUT2D eigenvalue weighted by molar-refractivity contribution is 6.16. The van der Waals surface area contributed by atoms with Crippen LogP contribution in [-0.2, 0) is 9.59 Å². The van der Waals surface area contributed by atoms with Gasteiger partial charge in [-0.15, -0.1) is 0 Å². The van der Waals surface area contributed by atoms with Gasteiger partial charge in [0.2, 0.25) is 11.8 Å². The standard InChI is InChI=1S/C26H22N4O4/c1-16(31)27-17-7-6-8-18(15-17)28-23(32)13-14-29-24-19-9-2-3-10-20(19)26(34)30(24)22-12-5-4-11-21(22)25(29)33/h2-12,15,24H,13-14H2,1H3,(H,27,31)(H,28,32)/t24-/m0/s1.